The summed E-state index contributed by atoms with van der Waals surface area (Å²) in [6.45, 7) is 4.16. The highest BCUT2D eigenvalue weighted by Gasteiger charge is 2.55. The Morgan fingerprint density at radius 2 is 1.82 bits per heavy atom. The van der Waals surface area contributed by atoms with Crippen molar-refractivity contribution in [3.05, 3.63) is 87.2 Å². The van der Waals surface area contributed by atoms with Gasteiger partial charge in [-0.25, -0.2) is 9.18 Å². The van der Waals surface area contributed by atoms with Gasteiger partial charge in [0.25, 0.3) is 0 Å². The van der Waals surface area contributed by atoms with Gasteiger partial charge in [-0.15, -0.1) is 0 Å². The lowest BCUT2D eigenvalue weighted by Gasteiger charge is -2.29. The van der Waals surface area contributed by atoms with Crippen molar-refractivity contribution in [3.63, 3.8) is 0 Å². The van der Waals surface area contributed by atoms with Crippen LogP contribution in [0.15, 0.2) is 54.6 Å². The molecular formula is C33H35Cl2FN4O4. The number of carbonyl (C=O) groups is 3. The second-order valence-electron chi connectivity index (χ2n) is 11.6. The normalized spacial score (nSPS) is 21.6. The van der Waals surface area contributed by atoms with Crippen molar-refractivity contribution in [1.82, 2.24) is 4.90 Å². The lowest BCUT2D eigenvalue weighted by Crippen LogP contribution is -2.45. The zero-order chi connectivity index (χ0) is 31.9. The molecule has 0 bridgehead atoms. The van der Waals surface area contributed by atoms with Crippen LogP contribution < -0.4 is 16.0 Å². The zero-order valence-corrected chi connectivity index (χ0v) is 26.5. The molecular weight excluding hydrogens is 606 g/mol. The molecule has 4 atom stereocenters. The molecule has 0 radical (unpaired) electrons. The van der Waals surface area contributed by atoms with Crippen LogP contribution in [-0.4, -0.2) is 55.5 Å². The summed E-state index contributed by atoms with van der Waals surface area (Å²) in [5, 5.41) is 3.31. The fourth-order valence-electron chi connectivity index (χ4n) is 6.32. The molecule has 1 aliphatic heterocycles. The van der Waals surface area contributed by atoms with Crippen molar-refractivity contribution >= 4 is 58.0 Å². The van der Waals surface area contributed by atoms with E-state index >= 15 is 4.39 Å². The Kier molecular flexibility index (Phi) is 9.20. The average molecular weight is 642 g/mol. The van der Waals surface area contributed by atoms with Crippen LogP contribution in [-0.2, 0) is 14.3 Å². The third-order valence-electron chi connectivity index (χ3n) is 8.87. The molecule has 8 nitrogen and oxygen atoms in total. The summed E-state index contributed by atoms with van der Waals surface area (Å²) in [7, 11) is 2.87. The lowest BCUT2D eigenvalue weighted by molar-refractivity contribution is -0.123. The number of carbonyl (C=O) groups excluding carboxylic acids is 3. The van der Waals surface area contributed by atoms with E-state index in [9.17, 15) is 14.4 Å². The Morgan fingerprint density at radius 3 is 2.48 bits per heavy atom. The quantitative estimate of drug-likeness (QED) is 0.221. The number of amides is 2. The molecule has 1 saturated carbocycles. The minimum absolute atomic E-state index is 0.0948. The smallest absolute Gasteiger partial charge is 0.338 e. The summed E-state index contributed by atoms with van der Waals surface area (Å²) >= 11 is 12.4. The van der Waals surface area contributed by atoms with Gasteiger partial charge in [0.15, 0.2) is 0 Å². The molecule has 2 unspecified atom stereocenters. The van der Waals surface area contributed by atoms with Crippen molar-refractivity contribution < 1.29 is 23.5 Å². The number of nitrogen functional groups attached to an aromatic ring is 1. The molecule has 0 aromatic heterocycles. The summed E-state index contributed by atoms with van der Waals surface area (Å²) in [6.07, 6.45) is 2.03. The topological polar surface area (TPSA) is 105 Å². The predicted octanol–water partition coefficient (Wildman–Crippen LogP) is 6.29. The minimum atomic E-state index is -0.888. The van der Waals surface area contributed by atoms with Crippen LogP contribution in [0.3, 0.4) is 0 Å². The fraction of sp³-hybridized carbons (Fsp3) is 0.364. The van der Waals surface area contributed by atoms with E-state index in [0.29, 0.717) is 34.4 Å². The number of nitrogens with two attached hydrogens (primary N) is 1. The Hall–Kier alpha value is -3.66. The van der Waals surface area contributed by atoms with Gasteiger partial charge in [-0.3, -0.25) is 14.5 Å². The molecule has 3 aromatic rings. The van der Waals surface area contributed by atoms with E-state index in [4.69, 9.17) is 33.7 Å². The molecule has 1 heterocycles. The van der Waals surface area contributed by atoms with Gasteiger partial charge in [-0.2, -0.15) is 0 Å². The molecule has 1 aliphatic carbocycles. The number of benzene rings is 3. The number of ether oxygens (including phenoxy) is 1. The van der Waals surface area contributed by atoms with Gasteiger partial charge in [-0.1, -0.05) is 41.4 Å². The fourth-order valence-corrected chi connectivity index (χ4v) is 6.69. The summed E-state index contributed by atoms with van der Waals surface area (Å²) < 4.78 is 20.7. The van der Waals surface area contributed by atoms with Crippen LogP contribution in [0.2, 0.25) is 10.0 Å². The van der Waals surface area contributed by atoms with E-state index in [1.165, 1.54) is 18.1 Å². The maximum Gasteiger partial charge on any atom is 0.338 e. The molecule has 2 amide bonds. The molecule has 3 N–H and O–H groups in total. The maximum atomic E-state index is 15.8. The number of hydrogen-bond acceptors (Lipinski definition) is 6. The third-order valence-corrected chi connectivity index (χ3v) is 9.40. The second kappa shape index (κ2) is 12.8. The predicted molar refractivity (Wildman–Crippen MR) is 171 cm³/mol. The highest BCUT2D eigenvalue weighted by Crippen LogP contribution is 2.48. The number of halogens is 3. The first-order valence-corrected chi connectivity index (χ1v) is 15.2. The van der Waals surface area contributed by atoms with Crippen LogP contribution in [0, 0.1) is 24.6 Å². The van der Waals surface area contributed by atoms with Gasteiger partial charge >= 0.3 is 5.97 Å². The highest BCUT2D eigenvalue weighted by molar-refractivity contribution is 6.31. The number of esters is 1. The Bertz CT molecular complexity index is 1610. The van der Waals surface area contributed by atoms with Gasteiger partial charge in [-0.05, 0) is 80.1 Å². The first kappa shape index (κ1) is 31.8. The number of rotatable bonds is 8. The van der Waals surface area contributed by atoms with Crippen molar-refractivity contribution in [1.29, 1.82) is 0 Å². The summed E-state index contributed by atoms with van der Waals surface area (Å²) in [5.74, 6) is -3.29. The molecule has 1 saturated heterocycles. The zero-order valence-electron chi connectivity index (χ0n) is 24.9. The molecule has 11 heteroatoms. The summed E-state index contributed by atoms with van der Waals surface area (Å²) in [4.78, 5) is 44.4. The third kappa shape index (κ3) is 6.01. The van der Waals surface area contributed by atoms with E-state index in [2.05, 4.69) is 5.32 Å². The van der Waals surface area contributed by atoms with Crippen LogP contribution in [0.25, 0.3) is 0 Å². The van der Waals surface area contributed by atoms with Crippen molar-refractivity contribution in [3.8, 4) is 0 Å². The van der Waals surface area contributed by atoms with Crippen LogP contribution >= 0.6 is 23.2 Å². The van der Waals surface area contributed by atoms with E-state index < -0.39 is 35.7 Å². The number of nitrogens with one attached hydrogen (secondary N) is 1. The second-order valence-corrected chi connectivity index (χ2v) is 12.4. The molecule has 232 valence electrons. The van der Waals surface area contributed by atoms with Gasteiger partial charge in [0, 0.05) is 36.3 Å². The SMILES string of the molecule is COC(=O)c1ccc(N(C)C(=O)[C@H]2C(c3cccc(Cl)c3F)C(C(=O)Nc3cccc(Cl)c3)N(CC3CC3)[C@H]2C)c(N)c1C. The van der Waals surface area contributed by atoms with Gasteiger partial charge < -0.3 is 20.7 Å². The average Bonchev–Trinajstić information content (AvgIpc) is 3.77. The number of hydrogen-bond donors (Lipinski definition) is 2. The largest absolute Gasteiger partial charge is 0.465 e. The molecule has 3 aromatic carbocycles. The highest BCUT2D eigenvalue weighted by atomic mass is 35.5. The van der Waals surface area contributed by atoms with Crippen LogP contribution in [0.5, 0.6) is 0 Å². The summed E-state index contributed by atoms with van der Waals surface area (Å²) in [6, 6.07) is 13.3. The Balaban J connectivity index is 1.60. The van der Waals surface area contributed by atoms with Crippen molar-refractivity contribution in [2.24, 2.45) is 11.8 Å². The number of anilines is 3. The van der Waals surface area contributed by atoms with E-state index in [-0.39, 0.29) is 33.7 Å². The van der Waals surface area contributed by atoms with Crippen LogP contribution in [0.1, 0.15) is 47.2 Å². The standard InChI is InChI=1S/C33H35Cl2FN4O4/c1-17-22(33(43)44-4)13-14-25(29(17)37)39(3)32(42)26-18(2)40(16-19-11-12-19)30(27(26)23-9-6-10-24(35)28(23)36)31(41)38-21-8-5-7-20(34)15-21/h5-10,13-15,18-19,26-27,30H,11-12,16,37H2,1-4H3,(H,38,41)/t18-,26+,27?,30?/m0/s1. The number of methoxy groups -OCH3 is 1. The maximum absolute atomic E-state index is 15.8. The monoisotopic (exact) mass is 640 g/mol. The van der Waals surface area contributed by atoms with Crippen LogP contribution in [0.4, 0.5) is 21.5 Å². The van der Waals surface area contributed by atoms with Crippen molar-refractivity contribution in [2.45, 2.75) is 44.7 Å². The molecule has 2 fully saturated rings. The number of likely N-dealkylation sites (tertiary alicyclic amines) is 1. The number of nitrogens with zero attached hydrogens (tertiary/aromatic N) is 2. The molecule has 2 aliphatic rings. The van der Waals surface area contributed by atoms with E-state index in [1.807, 2.05) is 11.8 Å². The van der Waals surface area contributed by atoms with E-state index in [0.717, 1.165) is 12.8 Å². The lowest BCUT2D eigenvalue weighted by atomic mass is 9.80. The van der Waals surface area contributed by atoms with Crippen molar-refractivity contribution in [2.75, 3.05) is 36.7 Å². The van der Waals surface area contributed by atoms with E-state index in [1.54, 1.807) is 62.5 Å². The van der Waals surface area contributed by atoms with Gasteiger partial charge in [0.05, 0.1) is 41.0 Å². The minimum Gasteiger partial charge on any atom is -0.465 e. The van der Waals surface area contributed by atoms with Gasteiger partial charge in [0.2, 0.25) is 11.8 Å². The Labute approximate surface area is 266 Å². The van der Waals surface area contributed by atoms with Gasteiger partial charge in [0.1, 0.15) is 5.82 Å². The summed E-state index contributed by atoms with van der Waals surface area (Å²) in [5.41, 5.74) is 8.52. The molecule has 0 spiro atoms. The Morgan fingerprint density at radius 1 is 1.11 bits per heavy atom. The first-order chi connectivity index (χ1) is 20.9. The molecule has 44 heavy (non-hydrogen) atoms. The first-order valence-electron chi connectivity index (χ1n) is 14.5. The molecule has 5 rings (SSSR count).